The van der Waals surface area contributed by atoms with E-state index in [-0.39, 0.29) is 5.84 Å². The van der Waals surface area contributed by atoms with Crippen molar-refractivity contribution in [3.8, 4) is 0 Å². The minimum absolute atomic E-state index is 0.387. The molecule has 2 heterocycles. The van der Waals surface area contributed by atoms with Gasteiger partial charge in [-0.1, -0.05) is 6.92 Å². The Hall–Kier alpha value is -0.380. The first kappa shape index (κ1) is 25.9. The summed E-state index contributed by atoms with van der Waals surface area (Å²) in [6, 6.07) is 0. The number of nitrogens with zero attached hydrogens (tertiary/aromatic N) is 2. The molecule has 7 N–H and O–H groups in total. The van der Waals surface area contributed by atoms with Crippen LogP contribution < -0.4 is 5.73 Å². The van der Waals surface area contributed by atoms with Crippen molar-refractivity contribution in [3.63, 3.8) is 0 Å². The van der Waals surface area contributed by atoms with Crippen LogP contribution in [0.25, 0.3) is 0 Å². The molecule has 0 saturated carbocycles. The molecule has 1 saturated heterocycles. The second-order valence-electron chi connectivity index (χ2n) is 6.09. The van der Waals surface area contributed by atoms with Crippen molar-refractivity contribution in [2.45, 2.75) is 30.9 Å². The third-order valence-electron chi connectivity index (χ3n) is 3.82. The maximum absolute atomic E-state index is 13.7. The largest absolute Gasteiger partial charge is 0.490 e. The Morgan fingerprint density at radius 2 is 1.87 bits per heavy atom. The smallest absolute Gasteiger partial charge is 0.390 e. The molecule has 7 atom stereocenters. The van der Waals surface area contributed by atoms with E-state index in [0.717, 1.165) is 6.20 Å². The van der Waals surface area contributed by atoms with Gasteiger partial charge in [0.1, 0.15) is 12.3 Å². The molecule has 2 aliphatic heterocycles. The summed E-state index contributed by atoms with van der Waals surface area (Å²) < 4.78 is 64.5. The molecule has 2 rings (SSSR count). The standard InChI is InChI=1S/C10H19FN3O12P3S/c1-4-7(15)6(24-9(4)14-2-5(11)8(12)13-10(14)30)3-23-28(19,20)26-29(21,22)25-27(16,17)18/h2,4,6-7,9-10,15,30H,3H2,1H3,(H2,12,13)(H,19,20)(H,21,22)(H2,16,17,18)/t4?,6-,7?,9-,10?/m1/s1. The summed E-state index contributed by atoms with van der Waals surface area (Å²) in [4.78, 5) is 40.5. The molecule has 0 bridgehead atoms. The molecule has 2 aliphatic rings. The summed E-state index contributed by atoms with van der Waals surface area (Å²) in [5.41, 5.74) is 4.39. The lowest BCUT2D eigenvalue weighted by Gasteiger charge is -2.34. The second-order valence-corrected chi connectivity index (χ2v) is 11.0. The van der Waals surface area contributed by atoms with Gasteiger partial charge in [-0.15, -0.1) is 12.6 Å². The quantitative estimate of drug-likeness (QED) is 0.163. The predicted octanol–water partition coefficient (Wildman–Crippen LogP) is -0.251. The number of rotatable bonds is 8. The summed E-state index contributed by atoms with van der Waals surface area (Å²) in [5, 5.41) is 10.3. The zero-order valence-electron chi connectivity index (χ0n) is 14.9. The molecule has 0 aliphatic carbocycles. The minimum Gasteiger partial charge on any atom is -0.390 e. The Labute approximate surface area is 174 Å². The number of ether oxygens (including phenoxy) is 1. The van der Waals surface area contributed by atoms with Crippen LogP contribution in [0.3, 0.4) is 0 Å². The molecule has 0 aromatic rings. The number of phosphoric acid groups is 3. The number of thiol groups is 1. The summed E-state index contributed by atoms with van der Waals surface area (Å²) in [5.74, 6) is -1.98. The Kier molecular flexibility index (Phi) is 7.97. The fraction of sp³-hybridized carbons (Fsp3) is 0.700. The maximum atomic E-state index is 13.7. The van der Waals surface area contributed by atoms with Crippen molar-refractivity contribution < 1.29 is 60.6 Å². The molecule has 0 amide bonds. The molecule has 0 spiro atoms. The predicted molar refractivity (Wildman–Crippen MR) is 99.1 cm³/mol. The molecular weight excluding hydrogens is 498 g/mol. The molecule has 0 radical (unpaired) electrons. The zero-order valence-corrected chi connectivity index (χ0v) is 18.5. The third-order valence-corrected chi connectivity index (χ3v) is 8.01. The van der Waals surface area contributed by atoms with Crippen LogP contribution in [-0.2, 0) is 31.6 Å². The molecule has 5 unspecified atom stereocenters. The van der Waals surface area contributed by atoms with Gasteiger partial charge in [0.2, 0.25) is 0 Å². The maximum Gasteiger partial charge on any atom is 0.490 e. The van der Waals surface area contributed by atoms with Crippen LogP contribution in [0.5, 0.6) is 0 Å². The topological polar surface area (TPSA) is 231 Å². The van der Waals surface area contributed by atoms with Crippen LogP contribution in [0.4, 0.5) is 4.39 Å². The van der Waals surface area contributed by atoms with Gasteiger partial charge in [-0.05, 0) is 0 Å². The first-order valence-corrected chi connectivity index (χ1v) is 12.8. The normalized spacial score (nSPS) is 34.1. The molecule has 0 aromatic carbocycles. The monoisotopic (exact) mass is 517 g/mol. The fourth-order valence-electron chi connectivity index (χ4n) is 2.56. The number of nitrogens with two attached hydrogens (primary N) is 1. The van der Waals surface area contributed by atoms with Crippen LogP contribution in [-0.4, -0.2) is 66.0 Å². The average molecular weight is 517 g/mol. The number of aliphatic hydroxyl groups is 1. The van der Waals surface area contributed by atoms with Crippen molar-refractivity contribution in [1.82, 2.24) is 4.90 Å². The first-order chi connectivity index (χ1) is 13.5. The van der Waals surface area contributed by atoms with Gasteiger partial charge in [-0.25, -0.2) is 23.1 Å². The van der Waals surface area contributed by atoms with E-state index in [1.165, 1.54) is 11.8 Å². The van der Waals surface area contributed by atoms with Crippen LogP contribution in [0.1, 0.15) is 6.92 Å². The molecule has 174 valence electrons. The fourth-order valence-corrected chi connectivity index (χ4v) is 5.92. The van der Waals surface area contributed by atoms with Crippen LogP contribution in [0, 0.1) is 5.92 Å². The minimum atomic E-state index is -5.68. The Morgan fingerprint density at radius 3 is 2.43 bits per heavy atom. The highest BCUT2D eigenvalue weighted by Gasteiger charge is 2.47. The Balaban J connectivity index is 2.02. The van der Waals surface area contributed by atoms with Gasteiger partial charge in [0.15, 0.2) is 17.2 Å². The van der Waals surface area contributed by atoms with E-state index >= 15 is 0 Å². The molecule has 1 fully saturated rings. The van der Waals surface area contributed by atoms with Gasteiger partial charge in [-0.2, -0.15) is 8.62 Å². The lowest BCUT2D eigenvalue weighted by Crippen LogP contribution is -2.43. The van der Waals surface area contributed by atoms with Crippen molar-refractivity contribution >= 4 is 41.9 Å². The van der Waals surface area contributed by atoms with Gasteiger partial charge in [-0.3, -0.25) is 4.52 Å². The Bertz CT molecular complexity index is 868. The number of aliphatic imine (C=N–C) groups is 1. The SMILES string of the molecule is CC1C(O)[C@@H](COP(=O)(O)OP(=O)(O)OP(=O)(O)O)O[C@H]1N1C=C(F)C(N)=NC1S. The highest BCUT2D eigenvalue weighted by molar-refractivity contribution is 7.80. The number of halogens is 1. The van der Waals surface area contributed by atoms with E-state index in [4.69, 9.17) is 25.2 Å². The number of hydrogen-bond donors (Lipinski definition) is 7. The lowest BCUT2D eigenvalue weighted by atomic mass is 10.0. The number of phosphoric ester groups is 1. The van der Waals surface area contributed by atoms with Gasteiger partial charge in [0, 0.05) is 12.1 Å². The van der Waals surface area contributed by atoms with E-state index < -0.39 is 65.8 Å². The molecule has 30 heavy (non-hydrogen) atoms. The summed E-state index contributed by atoms with van der Waals surface area (Å²) in [6.07, 6.45) is -2.67. The van der Waals surface area contributed by atoms with Crippen molar-refractivity contribution in [1.29, 1.82) is 0 Å². The first-order valence-electron chi connectivity index (χ1n) is 7.80. The van der Waals surface area contributed by atoms with E-state index in [2.05, 4.69) is 30.8 Å². The molecule has 0 aromatic heterocycles. The van der Waals surface area contributed by atoms with E-state index in [9.17, 15) is 28.1 Å². The molecule has 15 nitrogen and oxygen atoms in total. The summed E-state index contributed by atoms with van der Waals surface area (Å²) in [6.45, 7) is 0.641. The zero-order chi connectivity index (χ0) is 23.1. The van der Waals surface area contributed by atoms with Gasteiger partial charge < -0.3 is 40.1 Å². The van der Waals surface area contributed by atoms with Crippen LogP contribution >= 0.6 is 36.1 Å². The van der Waals surface area contributed by atoms with Gasteiger partial charge >= 0.3 is 23.5 Å². The highest BCUT2D eigenvalue weighted by atomic mass is 32.1. The van der Waals surface area contributed by atoms with Crippen LogP contribution in [0.2, 0.25) is 0 Å². The van der Waals surface area contributed by atoms with Crippen molar-refractivity contribution in [2.24, 2.45) is 16.6 Å². The van der Waals surface area contributed by atoms with Gasteiger partial charge in [0.25, 0.3) is 0 Å². The summed E-state index contributed by atoms with van der Waals surface area (Å²) in [7, 11) is -16.6. The third kappa shape index (κ3) is 6.81. The van der Waals surface area contributed by atoms with E-state index in [1.54, 1.807) is 0 Å². The molecule has 20 heteroatoms. The number of amidine groups is 1. The van der Waals surface area contributed by atoms with Crippen molar-refractivity contribution in [3.05, 3.63) is 12.0 Å². The van der Waals surface area contributed by atoms with Gasteiger partial charge in [0.05, 0.1) is 12.7 Å². The van der Waals surface area contributed by atoms with Crippen LogP contribution in [0.15, 0.2) is 17.0 Å². The highest BCUT2D eigenvalue weighted by Crippen LogP contribution is 2.66. The Morgan fingerprint density at radius 1 is 1.27 bits per heavy atom. The summed E-state index contributed by atoms with van der Waals surface area (Å²) >= 11 is 4.12. The number of aliphatic hydroxyl groups excluding tert-OH is 1. The number of hydrogen-bond acceptors (Lipinski definition) is 12. The molecular formula is C10H19FN3O12P3S. The van der Waals surface area contributed by atoms with Crippen molar-refractivity contribution in [2.75, 3.05) is 6.61 Å². The van der Waals surface area contributed by atoms with E-state index in [1.807, 2.05) is 0 Å². The van der Waals surface area contributed by atoms with E-state index in [0.29, 0.717) is 0 Å². The lowest BCUT2D eigenvalue weighted by molar-refractivity contribution is -0.0702. The second kappa shape index (κ2) is 9.24. The average Bonchev–Trinajstić information content (AvgIpc) is 2.81.